The molecule has 2 rings (SSSR count). The lowest BCUT2D eigenvalue weighted by Gasteiger charge is -2.36. The molecule has 17 heavy (non-hydrogen) atoms. The average molecular weight is 265 g/mol. The summed E-state index contributed by atoms with van der Waals surface area (Å²) < 4.78 is 36.7. The quantitative estimate of drug-likeness (QED) is 0.900. The van der Waals surface area contributed by atoms with Gasteiger partial charge in [-0.2, -0.15) is 13.2 Å². The van der Waals surface area contributed by atoms with Gasteiger partial charge >= 0.3 is 6.18 Å². The van der Waals surface area contributed by atoms with E-state index in [-0.39, 0.29) is 18.8 Å². The van der Waals surface area contributed by atoms with E-state index in [0.717, 1.165) is 0 Å². The Bertz CT molecular complexity index is 371. The predicted molar refractivity (Wildman–Crippen MR) is 60.0 cm³/mol. The fraction of sp³-hybridized carbons (Fsp3) is 0.545. The highest BCUT2D eigenvalue weighted by molar-refractivity contribution is 6.30. The van der Waals surface area contributed by atoms with Gasteiger partial charge in [-0.3, -0.25) is 0 Å². The second-order valence-electron chi connectivity index (χ2n) is 4.32. The van der Waals surface area contributed by atoms with E-state index < -0.39 is 12.1 Å². The maximum Gasteiger partial charge on any atom is 0.391 e. The van der Waals surface area contributed by atoms with E-state index in [0.29, 0.717) is 17.4 Å². The molecule has 1 aliphatic carbocycles. The van der Waals surface area contributed by atoms with Crippen LogP contribution < -0.4 is 5.32 Å². The van der Waals surface area contributed by atoms with Gasteiger partial charge in [-0.05, 0) is 30.9 Å². The van der Waals surface area contributed by atoms with Crippen LogP contribution >= 0.6 is 11.6 Å². The Balaban J connectivity index is 1.73. The summed E-state index contributed by atoms with van der Waals surface area (Å²) in [4.78, 5) is 4.01. The van der Waals surface area contributed by atoms with Gasteiger partial charge in [-0.1, -0.05) is 11.6 Å². The zero-order valence-corrected chi connectivity index (χ0v) is 9.72. The van der Waals surface area contributed by atoms with Crippen molar-refractivity contribution < 1.29 is 13.2 Å². The van der Waals surface area contributed by atoms with Gasteiger partial charge in [0.2, 0.25) is 0 Å². The maximum atomic E-state index is 12.2. The molecule has 0 aromatic carbocycles. The summed E-state index contributed by atoms with van der Waals surface area (Å²) in [6.45, 7) is 0.529. The predicted octanol–water partition coefficient (Wildman–Crippen LogP) is 3.74. The van der Waals surface area contributed by atoms with Crippen molar-refractivity contribution in [1.82, 2.24) is 4.98 Å². The minimum absolute atomic E-state index is 0.0825. The second-order valence-corrected chi connectivity index (χ2v) is 4.75. The van der Waals surface area contributed by atoms with Gasteiger partial charge in [0.1, 0.15) is 5.82 Å². The van der Waals surface area contributed by atoms with Gasteiger partial charge in [0.05, 0.1) is 10.9 Å². The second kappa shape index (κ2) is 4.72. The van der Waals surface area contributed by atoms with Crippen LogP contribution in [-0.4, -0.2) is 17.7 Å². The first-order valence-corrected chi connectivity index (χ1v) is 5.75. The molecule has 2 nitrogen and oxygen atoms in total. The van der Waals surface area contributed by atoms with Crippen molar-refractivity contribution in [3.8, 4) is 0 Å². The molecule has 0 unspecified atom stereocenters. The molecule has 0 amide bonds. The fourth-order valence-electron chi connectivity index (χ4n) is 1.90. The van der Waals surface area contributed by atoms with E-state index in [1.807, 2.05) is 0 Å². The molecule has 1 aromatic rings. The van der Waals surface area contributed by atoms with Crippen molar-refractivity contribution in [1.29, 1.82) is 0 Å². The molecule has 6 heteroatoms. The van der Waals surface area contributed by atoms with Crippen molar-refractivity contribution in [2.45, 2.75) is 19.0 Å². The van der Waals surface area contributed by atoms with Crippen LogP contribution in [0.2, 0.25) is 5.02 Å². The SMILES string of the molecule is FC(F)(F)C1CC(CNc2ccc(Cl)cn2)C1. The van der Waals surface area contributed by atoms with Gasteiger partial charge in [-0.25, -0.2) is 4.98 Å². The Hall–Kier alpha value is -0.970. The Morgan fingerprint density at radius 1 is 1.35 bits per heavy atom. The number of rotatable bonds is 3. The molecule has 1 N–H and O–H groups in total. The molecule has 0 atom stereocenters. The standard InChI is InChI=1S/C11H12ClF3N2/c12-9-1-2-10(17-6-9)16-5-7-3-8(4-7)11(13,14)15/h1-2,6-8H,3-5H2,(H,16,17). The van der Waals surface area contributed by atoms with Gasteiger partial charge in [0.15, 0.2) is 0 Å². The molecule has 0 spiro atoms. The summed E-state index contributed by atoms with van der Waals surface area (Å²) in [6, 6.07) is 3.40. The van der Waals surface area contributed by atoms with Gasteiger partial charge < -0.3 is 5.32 Å². The third-order valence-electron chi connectivity index (χ3n) is 3.00. The lowest BCUT2D eigenvalue weighted by Crippen LogP contribution is -2.38. The van der Waals surface area contributed by atoms with Crippen LogP contribution in [-0.2, 0) is 0 Å². The van der Waals surface area contributed by atoms with Crippen molar-refractivity contribution in [3.05, 3.63) is 23.4 Å². The van der Waals surface area contributed by atoms with Crippen LogP contribution in [0, 0.1) is 11.8 Å². The van der Waals surface area contributed by atoms with Crippen LogP contribution in [0.15, 0.2) is 18.3 Å². The van der Waals surface area contributed by atoms with Gasteiger partial charge in [-0.15, -0.1) is 0 Å². The first-order chi connectivity index (χ1) is 7.95. The van der Waals surface area contributed by atoms with E-state index in [2.05, 4.69) is 10.3 Å². The normalized spacial score (nSPS) is 24.2. The van der Waals surface area contributed by atoms with E-state index in [1.165, 1.54) is 6.20 Å². The number of aromatic nitrogens is 1. The van der Waals surface area contributed by atoms with Crippen LogP contribution in [0.5, 0.6) is 0 Å². The maximum absolute atomic E-state index is 12.2. The van der Waals surface area contributed by atoms with Crippen LogP contribution in [0.4, 0.5) is 19.0 Å². The number of pyridine rings is 1. The highest BCUT2D eigenvalue weighted by Crippen LogP contribution is 2.44. The minimum atomic E-state index is -4.03. The van der Waals surface area contributed by atoms with Crippen molar-refractivity contribution in [2.75, 3.05) is 11.9 Å². The van der Waals surface area contributed by atoms with E-state index in [1.54, 1.807) is 12.1 Å². The molecule has 1 saturated carbocycles. The van der Waals surface area contributed by atoms with E-state index >= 15 is 0 Å². The zero-order valence-electron chi connectivity index (χ0n) is 8.97. The van der Waals surface area contributed by atoms with E-state index in [9.17, 15) is 13.2 Å². The third kappa shape index (κ3) is 3.25. The first-order valence-electron chi connectivity index (χ1n) is 5.37. The Labute approximate surface area is 102 Å². The van der Waals surface area contributed by atoms with Crippen molar-refractivity contribution in [2.24, 2.45) is 11.8 Å². The molecular weight excluding hydrogens is 253 g/mol. The molecule has 94 valence electrons. The summed E-state index contributed by atoms with van der Waals surface area (Å²) in [5.74, 6) is -0.392. The molecule has 1 heterocycles. The molecule has 1 fully saturated rings. The Morgan fingerprint density at radius 3 is 2.59 bits per heavy atom. The number of alkyl halides is 3. The van der Waals surface area contributed by atoms with Crippen molar-refractivity contribution >= 4 is 17.4 Å². The van der Waals surface area contributed by atoms with Crippen LogP contribution in [0.3, 0.4) is 0 Å². The summed E-state index contributed by atoms with van der Waals surface area (Å²) in [5, 5.41) is 3.55. The molecule has 0 radical (unpaired) electrons. The summed E-state index contributed by atoms with van der Waals surface area (Å²) in [5.41, 5.74) is 0. The van der Waals surface area contributed by atoms with Crippen molar-refractivity contribution in [3.63, 3.8) is 0 Å². The molecule has 1 aliphatic rings. The third-order valence-corrected chi connectivity index (χ3v) is 3.22. The monoisotopic (exact) mass is 264 g/mol. The average Bonchev–Trinajstić information content (AvgIpc) is 2.16. The number of hydrogen-bond acceptors (Lipinski definition) is 2. The lowest BCUT2D eigenvalue weighted by atomic mass is 9.74. The topological polar surface area (TPSA) is 24.9 Å². The number of hydrogen-bond donors (Lipinski definition) is 1. The highest BCUT2D eigenvalue weighted by atomic mass is 35.5. The summed E-state index contributed by atoms with van der Waals surface area (Å²) in [6.07, 6.45) is -2.10. The summed E-state index contributed by atoms with van der Waals surface area (Å²) in [7, 11) is 0. The molecule has 0 saturated heterocycles. The van der Waals surface area contributed by atoms with Gasteiger partial charge in [0, 0.05) is 12.7 Å². The minimum Gasteiger partial charge on any atom is -0.370 e. The number of anilines is 1. The first kappa shape index (κ1) is 12.5. The fourth-order valence-corrected chi connectivity index (χ4v) is 2.01. The highest BCUT2D eigenvalue weighted by Gasteiger charge is 2.47. The number of nitrogens with zero attached hydrogens (tertiary/aromatic N) is 1. The Kier molecular flexibility index (Phi) is 3.47. The zero-order chi connectivity index (χ0) is 12.5. The molecule has 0 bridgehead atoms. The van der Waals surface area contributed by atoms with E-state index in [4.69, 9.17) is 11.6 Å². The Morgan fingerprint density at radius 2 is 2.06 bits per heavy atom. The van der Waals surface area contributed by atoms with Gasteiger partial charge in [0.25, 0.3) is 0 Å². The smallest absolute Gasteiger partial charge is 0.370 e. The molecular formula is C11H12ClF3N2. The number of nitrogens with one attached hydrogen (secondary N) is 1. The molecule has 1 aromatic heterocycles. The van der Waals surface area contributed by atoms with Crippen LogP contribution in [0.1, 0.15) is 12.8 Å². The largest absolute Gasteiger partial charge is 0.391 e. The number of halogens is 4. The summed E-state index contributed by atoms with van der Waals surface area (Å²) >= 11 is 5.67. The molecule has 0 aliphatic heterocycles. The van der Waals surface area contributed by atoms with Crippen LogP contribution in [0.25, 0.3) is 0 Å². The lowest BCUT2D eigenvalue weighted by molar-refractivity contribution is -0.203.